The number of amides is 5. The summed E-state index contributed by atoms with van der Waals surface area (Å²) in [5, 5.41) is 13.0. The Morgan fingerprint density at radius 1 is 0.764 bits per heavy atom. The summed E-state index contributed by atoms with van der Waals surface area (Å²) in [4.78, 5) is 81.6. The van der Waals surface area contributed by atoms with Crippen molar-refractivity contribution in [1.82, 2.24) is 35.1 Å². The average Bonchev–Trinajstić information content (AvgIpc) is 3.92. The van der Waals surface area contributed by atoms with Gasteiger partial charge in [0, 0.05) is 56.9 Å². The van der Waals surface area contributed by atoms with Crippen LogP contribution in [0.2, 0.25) is 0 Å². The van der Waals surface area contributed by atoms with Gasteiger partial charge in [0.15, 0.2) is 6.29 Å². The molecule has 4 saturated heterocycles. The van der Waals surface area contributed by atoms with Gasteiger partial charge in [-0.3, -0.25) is 39.0 Å². The summed E-state index contributed by atoms with van der Waals surface area (Å²) in [5.41, 5.74) is 8.28. The number of aromatic nitrogens is 2. The molecule has 5 amide bonds. The second-order valence-electron chi connectivity index (χ2n) is 19.7. The molecule has 5 N–H and O–H groups in total. The average molecular weight is 985 g/mol. The molecule has 6 aliphatic rings. The van der Waals surface area contributed by atoms with Crippen LogP contribution < -0.4 is 31.3 Å². The summed E-state index contributed by atoms with van der Waals surface area (Å²) in [6.45, 7) is 11.5. The van der Waals surface area contributed by atoms with Crippen LogP contribution in [0.1, 0.15) is 108 Å². The minimum Gasteiger partial charge on any atom is -0.457 e. The number of hydrogen-bond acceptors (Lipinski definition) is 13. The van der Waals surface area contributed by atoms with Gasteiger partial charge in [-0.2, -0.15) is 5.10 Å². The zero-order valence-corrected chi connectivity index (χ0v) is 41.8. The lowest BCUT2D eigenvalue weighted by Gasteiger charge is -2.39. The van der Waals surface area contributed by atoms with Crippen molar-refractivity contribution in [3.63, 3.8) is 0 Å². The maximum absolute atomic E-state index is 13.3. The lowest BCUT2D eigenvalue weighted by molar-refractivity contribution is -0.136. The van der Waals surface area contributed by atoms with E-state index in [4.69, 9.17) is 4.74 Å². The van der Waals surface area contributed by atoms with Gasteiger partial charge in [0.2, 0.25) is 18.2 Å². The molecule has 3 aromatic carbocycles. The Bertz CT molecular complexity index is 2480. The van der Waals surface area contributed by atoms with Crippen molar-refractivity contribution < 1.29 is 33.5 Å². The molecule has 0 radical (unpaired) electrons. The van der Waals surface area contributed by atoms with Gasteiger partial charge in [-0.25, -0.2) is 4.68 Å². The predicted octanol–water partition coefficient (Wildman–Crippen LogP) is 6.19. The molecule has 4 aromatic rings. The number of benzene rings is 3. The highest BCUT2D eigenvalue weighted by Gasteiger charge is 2.45. The number of anilines is 2. The van der Waals surface area contributed by atoms with Crippen LogP contribution in [0.25, 0.3) is 11.3 Å². The molecule has 17 nitrogen and oxygen atoms in total. The largest absolute Gasteiger partial charge is 0.457 e. The van der Waals surface area contributed by atoms with Crippen LogP contribution in [0.15, 0.2) is 72.8 Å². The number of aldehydes is 1. The van der Waals surface area contributed by atoms with Gasteiger partial charge >= 0.3 is 0 Å². The minimum atomic E-state index is -0.958. The second-order valence-corrected chi connectivity index (χ2v) is 19.7. The number of carbonyl (C=O) groups excluding carboxylic acids is 6. The Hall–Kier alpha value is -6.43. The fraction of sp³-hybridized carbons (Fsp3) is 0.509. The first-order valence-electron chi connectivity index (χ1n) is 26.2. The van der Waals surface area contributed by atoms with Crippen molar-refractivity contribution in [2.75, 3.05) is 82.7 Å². The molecule has 2 unspecified atom stereocenters. The standard InChI is InChI=1S/C35H50N6O5.C19H17N3O2.CH5N/c42-24-36-14-8-26(11-19-38-17-9-25(10-18-38)23-39-15-2-1-3-16-39)27-12-20-40(21-13-27)28-4-5-29-30(22-28)35(46)41(34(29)45)31-6-7-32(43)37-33(31)44;23-13-17-18(21-22-12-4-11-20-19(17)22)14-7-9-16(10-8-14)24-15-5-2-1-3-6-15;1-2/h4-5,22,24-27,31H,1-3,6-21,23H2,(H,36,42)(H,37,43,44);1-3,5-10,13,20H,4,11-12H2;2H2,1H3. The number of carbonyl (C=O) groups is 6. The Kier molecular flexibility index (Phi) is 18.2. The monoisotopic (exact) mass is 985 g/mol. The number of nitrogens with one attached hydrogen (secondary N) is 3. The van der Waals surface area contributed by atoms with Crippen molar-refractivity contribution in [2.24, 2.45) is 23.5 Å². The van der Waals surface area contributed by atoms with Crippen LogP contribution >= 0.6 is 0 Å². The molecular weight excluding hydrogens is 913 g/mol. The fourth-order valence-electron chi connectivity index (χ4n) is 11.4. The maximum atomic E-state index is 13.3. The smallest absolute Gasteiger partial charge is 0.262 e. The van der Waals surface area contributed by atoms with Gasteiger partial charge in [0.1, 0.15) is 29.1 Å². The molecule has 10 rings (SSSR count). The summed E-state index contributed by atoms with van der Waals surface area (Å²) in [6.07, 6.45) is 13.9. The third kappa shape index (κ3) is 12.6. The molecule has 72 heavy (non-hydrogen) atoms. The molecule has 0 spiro atoms. The van der Waals surface area contributed by atoms with E-state index in [0.717, 1.165) is 117 Å². The van der Waals surface area contributed by atoms with E-state index in [2.05, 4.69) is 41.5 Å². The molecule has 0 aliphatic carbocycles. The fourth-order valence-corrected chi connectivity index (χ4v) is 11.4. The van der Waals surface area contributed by atoms with Crippen molar-refractivity contribution in [1.29, 1.82) is 0 Å². The molecule has 6 aliphatic heterocycles. The van der Waals surface area contributed by atoms with E-state index < -0.39 is 23.8 Å². The van der Waals surface area contributed by atoms with E-state index in [1.54, 1.807) is 12.1 Å². The van der Waals surface area contributed by atoms with E-state index in [9.17, 15) is 28.8 Å². The minimum absolute atomic E-state index is 0.105. The summed E-state index contributed by atoms with van der Waals surface area (Å²) < 4.78 is 7.67. The summed E-state index contributed by atoms with van der Waals surface area (Å²) >= 11 is 0. The number of likely N-dealkylation sites (tertiary alicyclic amines) is 2. The van der Waals surface area contributed by atoms with E-state index >= 15 is 0 Å². The summed E-state index contributed by atoms with van der Waals surface area (Å²) in [5.74, 6) is 2.39. The topological polar surface area (TPSA) is 205 Å². The van der Waals surface area contributed by atoms with E-state index in [0.29, 0.717) is 40.8 Å². The third-order valence-electron chi connectivity index (χ3n) is 15.3. The lowest BCUT2D eigenvalue weighted by atomic mass is 9.80. The van der Waals surface area contributed by atoms with Crippen LogP contribution in [0.5, 0.6) is 11.5 Å². The zero-order valence-electron chi connectivity index (χ0n) is 41.8. The third-order valence-corrected chi connectivity index (χ3v) is 15.3. The first-order chi connectivity index (χ1) is 35.3. The quantitative estimate of drug-likeness (QED) is 0.0563. The van der Waals surface area contributed by atoms with E-state index in [-0.39, 0.29) is 18.7 Å². The van der Waals surface area contributed by atoms with Gasteiger partial charge in [-0.1, -0.05) is 24.6 Å². The van der Waals surface area contributed by atoms with Gasteiger partial charge in [0.05, 0.1) is 16.7 Å². The van der Waals surface area contributed by atoms with Gasteiger partial charge in [-0.05, 0) is 176 Å². The highest BCUT2D eigenvalue weighted by atomic mass is 16.5. The molecule has 7 heterocycles. The number of aryl methyl sites for hydroxylation is 1. The predicted molar refractivity (Wildman–Crippen MR) is 277 cm³/mol. The SMILES string of the molecule is CN.O=CNCCC(CCN1CCC(CN2CCCCC2)CC1)C1CCN(c2ccc3c(c2)C(=O)N(C2CCC(=O)NC2=O)C3=O)CC1.O=Cc1c(-c2ccc(Oc3ccccc3)cc2)nn2c1NCCC2. The number of piperidine rings is 4. The molecular formula is C55H72N10O7. The number of nitrogens with two attached hydrogens (primary N) is 1. The maximum Gasteiger partial charge on any atom is 0.262 e. The summed E-state index contributed by atoms with van der Waals surface area (Å²) in [6, 6.07) is 21.7. The molecule has 0 saturated carbocycles. The highest BCUT2D eigenvalue weighted by molar-refractivity contribution is 6.23. The number of hydrogen-bond donors (Lipinski definition) is 4. The zero-order chi connectivity index (χ0) is 50.4. The van der Waals surface area contributed by atoms with Gasteiger partial charge in [-0.15, -0.1) is 0 Å². The number of ether oxygens (including phenoxy) is 1. The van der Waals surface area contributed by atoms with Crippen LogP contribution in [0.4, 0.5) is 11.5 Å². The number of fused-ring (bicyclic) bond motifs is 2. The van der Waals surface area contributed by atoms with E-state index in [1.807, 2.05) is 65.3 Å². The molecule has 1 aromatic heterocycles. The number of para-hydroxylation sites is 1. The van der Waals surface area contributed by atoms with Crippen LogP contribution in [0, 0.1) is 17.8 Å². The normalized spacial score (nSPS) is 20.2. The number of imide groups is 2. The Labute approximate surface area is 423 Å². The van der Waals surface area contributed by atoms with E-state index in [1.165, 1.54) is 71.9 Å². The summed E-state index contributed by atoms with van der Waals surface area (Å²) in [7, 11) is 1.50. The molecule has 384 valence electrons. The van der Waals surface area contributed by atoms with Gasteiger partial charge in [0.25, 0.3) is 11.8 Å². The number of rotatable bonds is 16. The molecule has 17 heteroatoms. The first-order valence-corrected chi connectivity index (χ1v) is 26.2. The molecule has 2 atom stereocenters. The van der Waals surface area contributed by atoms with Crippen molar-refractivity contribution in [3.05, 3.63) is 89.5 Å². The molecule has 4 fully saturated rings. The van der Waals surface area contributed by atoms with Crippen LogP contribution in [-0.4, -0.2) is 139 Å². The van der Waals surface area contributed by atoms with Crippen LogP contribution in [0.3, 0.4) is 0 Å². The highest BCUT2D eigenvalue weighted by Crippen LogP contribution is 2.36. The Balaban J connectivity index is 0.000000223. The van der Waals surface area contributed by atoms with Crippen LogP contribution in [-0.2, 0) is 20.9 Å². The second kappa shape index (κ2) is 25.3. The molecule has 0 bridgehead atoms. The number of nitrogens with zero attached hydrogens (tertiary/aromatic N) is 6. The Morgan fingerprint density at radius 2 is 1.49 bits per heavy atom. The van der Waals surface area contributed by atoms with Crippen molar-refractivity contribution in [3.8, 4) is 22.8 Å². The lowest BCUT2D eigenvalue weighted by Crippen LogP contribution is -2.54. The first kappa shape index (κ1) is 51.9. The Morgan fingerprint density at radius 3 is 2.19 bits per heavy atom. The van der Waals surface area contributed by atoms with Crippen molar-refractivity contribution >= 4 is 47.8 Å². The van der Waals surface area contributed by atoms with Crippen molar-refractivity contribution in [2.45, 2.75) is 89.6 Å². The van der Waals surface area contributed by atoms with Gasteiger partial charge < -0.3 is 35.8 Å².